The zero-order chi connectivity index (χ0) is 15.6. The van der Waals surface area contributed by atoms with E-state index in [0.29, 0.717) is 23.3 Å². The number of hydrogen-bond acceptors (Lipinski definition) is 2. The van der Waals surface area contributed by atoms with Gasteiger partial charge in [0.25, 0.3) is 0 Å². The molecule has 4 aliphatic rings. The summed E-state index contributed by atoms with van der Waals surface area (Å²) in [5, 5.41) is 0. The van der Waals surface area contributed by atoms with E-state index in [2.05, 4.69) is 13.8 Å². The van der Waals surface area contributed by atoms with Gasteiger partial charge in [0, 0.05) is 7.05 Å². The Balaban J connectivity index is 1.59. The molecule has 0 spiro atoms. The summed E-state index contributed by atoms with van der Waals surface area (Å²) >= 11 is 0. The summed E-state index contributed by atoms with van der Waals surface area (Å²) in [6.07, 6.45) is 8.95. The molecule has 2 atom stereocenters. The zero-order valence-electron chi connectivity index (χ0n) is 14.0. The van der Waals surface area contributed by atoms with Crippen LogP contribution in [0.3, 0.4) is 0 Å². The van der Waals surface area contributed by atoms with Crippen LogP contribution in [0.15, 0.2) is 22.8 Å². The fraction of sp³-hybridized carbons (Fsp3) is 0.737. The molecule has 1 heterocycles. The molecule has 4 aliphatic carbocycles. The van der Waals surface area contributed by atoms with Crippen molar-refractivity contribution in [3.05, 3.63) is 24.2 Å². The minimum absolute atomic E-state index is 0.107. The van der Waals surface area contributed by atoms with Gasteiger partial charge >= 0.3 is 0 Å². The van der Waals surface area contributed by atoms with Gasteiger partial charge in [-0.05, 0) is 67.4 Å². The van der Waals surface area contributed by atoms with Crippen molar-refractivity contribution < 1.29 is 9.21 Å². The molecular formula is C19H27NO2. The van der Waals surface area contributed by atoms with Gasteiger partial charge in [0.1, 0.15) is 5.76 Å². The van der Waals surface area contributed by atoms with Crippen LogP contribution in [0.25, 0.3) is 0 Å². The largest absolute Gasteiger partial charge is 0.467 e. The molecule has 0 aliphatic heterocycles. The second kappa shape index (κ2) is 4.39. The van der Waals surface area contributed by atoms with Crippen LogP contribution in [0, 0.1) is 22.2 Å². The van der Waals surface area contributed by atoms with Gasteiger partial charge in [0.2, 0.25) is 5.91 Å². The summed E-state index contributed by atoms with van der Waals surface area (Å²) < 4.78 is 5.42. The summed E-state index contributed by atoms with van der Waals surface area (Å²) in [6, 6.07) is 3.84. The molecular weight excluding hydrogens is 274 g/mol. The van der Waals surface area contributed by atoms with E-state index in [0.717, 1.165) is 30.9 Å². The second-order valence-electron chi connectivity index (χ2n) is 9.15. The Morgan fingerprint density at radius 3 is 2.45 bits per heavy atom. The van der Waals surface area contributed by atoms with Crippen LogP contribution in [0.1, 0.15) is 58.1 Å². The maximum absolute atomic E-state index is 13.3. The minimum Gasteiger partial charge on any atom is -0.467 e. The predicted molar refractivity (Wildman–Crippen MR) is 85.0 cm³/mol. The number of rotatable bonds is 3. The van der Waals surface area contributed by atoms with Gasteiger partial charge < -0.3 is 9.32 Å². The average molecular weight is 301 g/mol. The van der Waals surface area contributed by atoms with E-state index in [1.165, 1.54) is 19.3 Å². The lowest BCUT2D eigenvalue weighted by molar-refractivity contribution is -0.179. The van der Waals surface area contributed by atoms with E-state index in [-0.39, 0.29) is 5.41 Å². The first kappa shape index (κ1) is 14.3. The molecule has 1 aromatic heterocycles. The highest BCUT2D eigenvalue weighted by Crippen LogP contribution is 2.69. The number of furan rings is 1. The Hall–Kier alpha value is -1.25. The molecule has 0 saturated heterocycles. The van der Waals surface area contributed by atoms with Crippen molar-refractivity contribution >= 4 is 5.91 Å². The lowest BCUT2D eigenvalue weighted by atomic mass is 9.40. The third-order valence-electron chi connectivity index (χ3n) is 6.40. The monoisotopic (exact) mass is 301 g/mol. The van der Waals surface area contributed by atoms with E-state index < -0.39 is 0 Å². The van der Waals surface area contributed by atoms with E-state index in [1.807, 2.05) is 24.1 Å². The van der Waals surface area contributed by atoms with E-state index in [9.17, 15) is 4.79 Å². The topological polar surface area (TPSA) is 33.5 Å². The Morgan fingerprint density at radius 2 is 1.91 bits per heavy atom. The smallest absolute Gasteiger partial charge is 0.228 e. The Labute approximate surface area is 133 Å². The molecule has 5 rings (SSSR count). The third-order valence-corrected chi connectivity index (χ3v) is 6.40. The molecule has 22 heavy (non-hydrogen) atoms. The molecule has 2 unspecified atom stereocenters. The predicted octanol–water partition coefficient (Wildman–Crippen LogP) is 4.23. The lowest BCUT2D eigenvalue weighted by Crippen LogP contribution is -2.59. The van der Waals surface area contributed by atoms with Crippen LogP contribution < -0.4 is 0 Å². The zero-order valence-corrected chi connectivity index (χ0v) is 14.0. The van der Waals surface area contributed by atoms with E-state index >= 15 is 0 Å². The fourth-order valence-corrected chi connectivity index (χ4v) is 6.80. The van der Waals surface area contributed by atoms with Gasteiger partial charge in [0.15, 0.2) is 0 Å². The van der Waals surface area contributed by atoms with E-state index in [1.54, 1.807) is 6.26 Å². The highest BCUT2D eigenvalue weighted by atomic mass is 16.3. The third kappa shape index (κ3) is 2.12. The molecule has 1 aromatic rings. The highest BCUT2D eigenvalue weighted by molar-refractivity contribution is 5.83. The number of carbonyl (C=O) groups excluding carboxylic acids is 1. The van der Waals surface area contributed by atoms with Crippen molar-refractivity contribution in [1.29, 1.82) is 0 Å². The Bertz CT molecular complexity index is 573. The number of carbonyl (C=O) groups is 1. The van der Waals surface area contributed by atoms with Crippen LogP contribution in [-0.2, 0) is 11.3 Å². The molecule has 4 bridgehead atoms. The molecule has 0 aromatic carbocycles. The molecule has 3 heteroatoms. The summed E-state index contributed by atoms with van der Waals surface area (Å²) in [5.74, 6) is 1.98. The maximum Gasteiger partial charge on any atom is 0.228 e. The first-order valence-electron chi connectivity index (χ1n) is 8.60. The Kier molecular flexibility index (Phi) is 2.87. The van der Waals surface area contributed by atoms with Gasteiger partial charge in [0.05, 0.1) is 18.2 Å². The van der Waals surface area contributed by atoms with Gasteiger partial charge in [-0.3, -0.25) is 4.79 Å². The number of amides is 1. The van der Waals surface area contributed by atoms with Crippen LogP contribution in [0.5, 0.6) is 0 Å². The van der Waals surface area contributed by atoms with Crippen LogP contribution in [-0.4, -0.2) is 17.9 Å². The summed E-state index contributed by atoms with van der Waals surface area (Å²) in [7, 11) is 1.94. The van der Waals surface area contributed by atoms with Crippen molar-refractivity contribution in [2.45, 2.75) is 58.9 Å². The van der Waals surface area contributed by atoms with Crippen molar-refractivity contribution in [2.75, 3.05) is 7.05 Å². The van der Waals surface area contributed by atoms with Gasteiger partial charge in [-0.2, -0.15) is 0 Å². The summed E-state index contributed by atoms with van der Waals surface area (Å²) in [4.78, 5) is 15.2. The van der Waals surface area contributed by atoms with Crippen LogP contribution in [0.2, 0.25) is 0 Å². The maximum atomic E-state index is 13.3. The van der Waals surface area contributed by atoms with Crippen molar-refractivity contribution in [3.8, 4) is 0 Å². The van der Waals surface area contributed by atoms with Gasteiger partial charge in [-0.15, -0.1) is 0 Å². The standard InChI is InChI=1S/C19H27NO2/c1-17-7-14-8-18(2,11-17)13-19(9-14,12-17)16(21)20(3)10-15-5-4-6-22-15/h4-6,14H,7-13H2,1-3H3. The van der Waals surface area contributed by atoms with Crippen LogP contribution in [0.4, 0.5) is 0 Å². The molecule has 1 amide bonds. The number of hydrogen-bond donors (Lipinski definition) is 0. The molecule has 120 valence electrons. The average Bonchev–Trinajstić information content (AvgIpc) is 2.86. The van der Waals surface area contributed by atoms with Crippen molar-refractivity contribution in [2.24, 2.45) is 22.2 Å². The fourth-order valence-electron chi connectivity index (χ4n) is 6.80. The lowest BCUT2D eigenvalue weighted by Gasteiger charge is -2.65. The molecule has 0 radical (unpaired) electrons. The van der Waals surface area contributed by atoms with E-state index in [4.69, 9.17) is 4.42 Å². The van der Waals surface area contributed by atoms with Gasteiger partial charge in [-0.1, -0.05) is 13.8 Å². The quantitative estimate of drug-likeness (QED) is 0.837. The summed E-state index contributed by atoms with van der Waals surface area (Å²) in [5.41, 5.74) is 0.662. The molecule has 3 nitrogen and oxygen atoms in total. The van der Waals surface area contributed by atoms with Crippen LogP contribution >= 0.6 is 0 Å². The second-order valence-corrected chi connectivity index (χ2v) is 9.15. The van der Waals surface area contributed by atoms with Crippen molar-refractivity contribution in [1.82, 2.24) is 4.90 Å². The molecule has 4 saturated carbocycles. The molecule has 4 fully saturated rings. The van der Waals surface area contributed by atoms with Gasteiger partial charge in [-0.25, -0.2) is 0 Å². The number of nitrogens with zero attached hydrogens (tertiary/aromatic N) is 1. The normalized spacial score (nSPS) is 42.6. The first-order chi connectivity index (χ1) is 10.3. The first-order valence-corrected chi connectivity index (χ1v) is 8.60. The minimum atomic E-state index is -0.107. The summed E-state index contributed by atoms with van der Waals surface area (Å²) in [6.45, 7) is 5.43. The molecule has 0 N–H and O–H groups in total. The van der Waals surface area contributed by atoms with Crippen molar-refractivity contribution in [3.63, 3.8) is 0 Å². The SMILES string of the molecule is CN(Cc1ccco1)C(=O)C12CC3CC(C)(CC(C)(C3)C1)C2. The highest BCUT2D eigenvalue weighted by Gasteiger charge is 2.63. The Morgan fingerprint density at radius 1 is 1.23 bits per heavy atom.